The maximum absolute atomic E-state index is 13.5. The smallest absolute Gasteiger partial charge is 0.413 e. The van der Waals surface area contributed by atoms with Gasteiger partial charge in [0.2, 0.25) is 0 Å². The Morgan fingerprint density at radius 3 is 1.23 bits per heavy atom. The molecule has 0 N–H and O–H groups in total. The van der Waals surface area contributed by atoms with E-state index in [0.717, 1.165) is 0 Å². The molecule has 2 nitrogen and oxygen atoms in total. The topological polar surface area (TPSA) is 26.3 Å². The first-order chi connectivity index (χ1) is 9.33. The quantitative estimate of drug-likeness (QED) is 0.430. The monoisotopic (exact) mass is 354 g/mol. The molecular formula is C9H5F11O2. The summed E-state index contributed by atoms with van der Waals surface area (Å²) < 4.78 is 139. The van der Waals surface area contributed by atoms with Crippen LogP contribution in [0.3, 0.4) is 0 Å². The van der Waals surface area contributed by atoms with E-state index >= 15 is 0 Å². The molecule has 130 valence electrons. The minimum Gasteiger partial charge on any atom is -0.413 e. The first kappa shape index (κ1) is 20.4. The summed E-state index contributed by atoms with van der Waals surface area (Å²) in [7, 11) is 0. The van der Waals surface area contributed by atoms with Crippen molar-refractivity contribution in [2.75, 3.05) is 0 Å². The molecule has 0 rings (SSSR count). The average molecular weight is 354 g/mol. The van der Waals surface area contributed by atoms with Crippen LogP contribution in [-0.4, -0.2) is 36.0 Å². The minimum atomic E-state index is -7.37. The van der Waals surface area contributed by atoms with Crippen LogP contribution < -0.4 is 0 Å². The summed E-state index contributed by atoms with van der Waals surface area (Å²) in [6, 6.07) is 0. The van der Waals surface area contributed by atoms with Gasteiger partial charge in [0.25, 0.3) is 0 Å². The molecule has 0 saturated heterocycles. The van der Waals surface area contributed by atoms with Crippen LogP contribution in [-0.2, 0) is 9.53 Å². The van der Waals surface area contributed by atoms with Crippen molar-refractivity contribution in [3.8, 4) is 0 Å². The Kier molecular flexibility index (Phi) is 4.89. The zero-order valence-electron chi connectivity index (χ0n) is 10.2. The zero-order valence-corrected chi connectivity index (χ0v) is 10.2. The van der Waals surface area contributed by atoms with Crippen LogP contribution in [0.15, 0.2) is 12.2 Å². The largest absolute Gasteiger partial charge is 0.461 e. The molecule has 0 aliphatic heterocycles. The van der Waals surface area contributed by atoms with Crippen molar-refractivity contribution in [1.82, 2.24) is 0 Å². The zero-order chi connectivity index (χ0) is 18.4. The number of carbonyl (C=O) groups excluding carboxylic acids is 1. The predicted molar refractivity (Wildman–Crippen MR) is 46.7 cm³/mol. The normalized spacial score (nSPS) is 14.7. The molecular weight excluding hydrogens is 349 g/mol. The van der Waals surface area contributed by atoms with E-state index in [1.165, 1.54) is 0 Å². The summed E-state index contributed by atoms with van der Waals surface area (Å²) in [5.74, 6) is -24.4. The highest BCUT2D eigenvalue weighted by Crippen LogP contribution is 2.57. The van der Waals surface area contributed by atoms with E-state index in [-0.39, 0.29) is 0 Å². The summed E-state index contributed by atoms with van der Waals surface area (Å²) in [4.78, 5) is 10.7. The van der Waals surface area contributed by atoms with Gasteiger partial charge in [0, 0.05) is 5.57 Å². The lowest BCUT2D eigenvalue weighted by molar-refractivity contribution is -0.456. The first-order valence-electron chi connectivity index (χ1n) is 4.79. The highest BCUT2D eigenvalue weighted by Gasteiger charge is 2.89. The summed E-state index contributed by atoms with van der Waals surface area (Å²) in [5.41, 5.74) is -1.20. The standard InChI is InChI=1S/C9H5F11O2/c1-3(2)4(21)22-7(14,5(10,11)8(15,16)17)6(12,13)9(18,19)20/h1H2,2H3. The summed E-state index contributed by atoms with van der Waals surface area (Å²) in [6.45, 7) is 3.02. The van der Waals surface area contributed by atoms with E-state index < -0.39 is 41.6 Å². The van der Waals surface area contributed by atoms with E-state index in [0.29, 0.717) is 6.92 Å². The molecule has 0 aromatic carbocycles. The lowest BCUT2D eigenvalue weighted by Crippen LogP contribution is -2.69. The SMILES string of the molecule is C=C(C)C(=O)OC(F)(C(F)(F)C(F)(F)F)C(F)(F)C(F)(F)F. The molecule has 0 saturated carbocycles. The maximum atomic E-state index is 13.5. The Balaban J connectivity index is 6.36. The first-order valence-corrected chi connectivity index (χ1v) is 4.79. The van der Waals surface area contributed by atoms with Crippen molar-refractivity contribution in [3.63, 3.8) is 0 Å². The third kappa shape index (κ3) is 2.97. The lowest BCUT2D eigenvalue weighted by atomic mass is 10.0. The van der Waals surface area contributed by atoms with Gasteiger partial charge < -0.3 is 4.74 Å². The molecule has 0 aromatic rings. The fraction of sp³-hybridized carbons (Fsp3) is 0.667. The Bertz CT molecular complexity index is 433. The summed E-state index contributed by atoms with van der Waals surface area (Å²) in [5, 5.41) is 0. The van der Waals surface area contributed by atoms with Gasteiger partial charge in [-0.15, -0.1) is 0 Å². The molecule has 0 aromatic heterocycles. The van der Waals surface area contributed by atoms with Gasteiger partial charge in [0.05, 0.1) is 0 Å². The Morgan fingerprint density at radius 1 is 0.773 bits per heavy atom. The molecule has 0 spiro atoms. The van der Waals surface area contributed by atoms with Gasteiger partial charge in [0.1, 0.15) is 0 Å². The van der Waals surface area contributed by atoms with Crippen molar-refractivity contribution in [2.45, 2.75) is 37.0 Å². The molecule has 0 radical (unpaired) electrons. The molecule has 22 heavy (non-hydrogen) atoms. The van der Waals surface area contributed by atoms with Crippen molar-refractivity contribution < 1.29 is 57.8 Å². The van der Waals surface area contributed by atoms with Crippen molar-refractivity contribution in [3.05, 3.63) is 12.2 Å². The Hall–Kier alpha value is -1.56. The van der Waals surface area contributed by atoms with Crippen LogP contribution in [0, 0.1) is 0 Å². The molecule has 13 heteroatoms. The van der Waals surface area contributed by atoms with Gasteiger partial charge in [-0.05, 0) is 6.92 Å². The van der Waals surface area contributed by atoms with Gasteiger partial charge in [-0.3, -0.25) is 0 Å². The molecule has 0 atom stereocenters. The van der Waals surface area contributed by atoms with E-state index in [1.807, 2.05) is 0 Å². The van der Waals surface area contributed by atoms with E-state index in [9.17, 15) is 53.1 Å². The van der Waals surface area contributed by atoms with Crippen LogP contribution in [0.25, 0.3) is 0 Å². The number of hydrogen-bond donors (Lipinski definition) is 0. The number of hydrogen-bond acceptors (Lipinski definition) is 2. The van der Waals surface area contributed by atoms with Crippen LogP contribution in [0.2, 0.25) is 0 Å². The van der Waals surface area contributed by atoms with Gasteiger partial charge in [-0.1, -0.05) is 6.58 Å². The van der Waals surface area contributed by atoms with Crippen LogP contribution in [0.4, 0.5) is 48.3 Å². The molecule has 0 heterocycles. The second-order valence-electron chi connectivity index (χ2n) is 3.91. The number of alkyl halides is 11. The van der Waals surface area contributed by atoms with Crippen LogP contribution >= 0.6 is 0 Å². The fourth-order valence-electron chi connectivity index (χ4n) is 0.905. The van der Waals surface area contributed by atoms with Gasteiger partial charge in [-0.2, -0.15) is 48.3 Å². The Morgan fingerprint density at radius 2 is 1.05 bits per heavy atom. The van der Waals surface area contributed by atoms with Gasteiger partial charge >= 0.3 is 36.0 Å². The van der Waals surface area contributed by atoms with Crippen molar-refractivity contribution >= 4 is 5.97 Å². The highest BCUT2D eigenvalue weighted by molar-refractivity contribution is 5.87. The average Bonchev–Trinajstić information content (AvgIpc) is 2.24. The summed E-state index contributed by atoms with van der Waals surface area (Å²) in [6.07, 6.45) is -14.4. The second kappa shape index (κ2) is 5.26. The van der Waals surface area contributed by atoms with E-state index in [1.54, 1.807) is 0 Å². The lowest BCUT2D eigenvalue weighted by Gasteiger charge is -2.38. The number of ether oxygens (including phenoxy) is 1. The number of rotatable bonds is 4. The molecule has 0 bridgehead atoms. The fourth-order valence-corrected chi connectivity index (χ4v) is 0.905. The van der Waals surface area contributed by atoms with Gasteiger partial charge in [-0.25, -0.2) is 4.79 Å². The number of esters is 1. The third-order valence-electron chi connectivity index (χ3n) is 2.10. The number of halogens is 11. The van der Waals surface area contributed by atoms with Gasteiger partial charge in [0.15, 0.2) is 0 Å². The minimum absolute atomic E-state index is 0.486. The Labute approximate surface area is 114 Å². The predicted octanol–water partition coefficient (Wildman–Crippen LogP) is 4.17. The molecule has 0 aliphatic carbocycles. The molecule has 0 fully saturated rings. The summed E-state index contributed by atoms with van der Waals surface area (Å²) >= 11 is 0. The second-order valence-corrected chi connectivity index (χ2v) is 3.91. The van der Waals surface area contributed by atoms with E-state index in [2.05, 4.69) is 11.3 Å². The van der Waals surface area contributed by atoms with Crippen molar-refractivity contribution in [1.29, 1.82) is 0 Å². The maximum Gasteiger partial charge on any atom is 0.461 e. The van der Waals surface area contributed by atoms with E-state index in [4.69, 9.17) is 0 Å². The number of carbonyl (C=O) groups is 1. The van der Waals surface area contributed by atoms with Crippen molar-refractivity contribution in [2.24, 2.45) is 0 Å². The molecule has 0 amide bonds. The third-order valence-corrected chi connectivity index (χ3v) is 2.10. The van der Waals surface area contributed by atoms with Crippen LogP contribution in [0.1, 0.15) is 6.92 Å². The highest BCUT2D eigenvalue weighted by atomic mass is 19.4. The molecule has 0 aliphatic rings. The molecule has 0 unspecified atom stereocenters. The van der Waals surface area contributed by atoms with Crippen LogP contribution in [0.5, 0.6) is 0 Å².